The van der Waals surface area contributed by atoms with Gasteiger partial charge in [0.05, 0.1) is 27.4 Å². The summed E-state index contributed by atoms with van der Waals surface area (Å²) in [5.41, 5.74) is 2.47. The summed E-state index contributed by atoms with van der Waals surface area (Å²) < 4.78 is 16.0. The maximum Gasteiger partial charge on any atom is 0.191 e. The van der Waals surface area contributed by atoms with Crippen molar-refractivity contribution in [2.24, 2.45) is 4.99 Å². The van der Waals surface area contributed by atoms with E-state index in [2.05, 4.69) is 38.7 Å². The van der Waals surface area contributed by atoms with E-state index in [1.54, 1.807) is 21.3 Å². The minimum absolute atomic E-state index is 0.299. The first-order chi connectivity index (χ1) is 15.7. The first kappa shape index (κ1) is 23.7. The molecule has 0 radical (unpaired) electrons. The van der Waals surface area contributed by atoms with E-state index in [1.165, 1.54) is 24.0 Å². The van der Waals surface area contributed by atoms with Crippen LogP contribution in [0, 0.1) is 0 Å². The van der Waals surface area contributed by atoms with Crippen LogP contribution in [0.3, 0.4) is 0 Å². The molecule has 2 aromatic carbocycles. The SMILES string of the molecule is CN=C(NCCc1ccc(OC)c(OC)c1)NCC(c1ccc(OC)cc1)N1CCCC1. The number of nitrogens with one attached hydrogen (secondary N) is 2. The summed E-state index contributed by atoms with van der Waals surface area (Å²) in [5.74, 6) is 3.19. The van der Waals surface area contributed by atoms with Crippen LogP contribution in [0.2, 0.25) is 0 Å². The van der Waals surface area contributed by atoms with Crippen molar-refractivity contribution in [3.63, 3.8) is 0 Å². The monoisotopic (exact) mass is 440 g/mol. The quantitative estimate of drug-likeness (QED) is 0.437. The smallest absolute Gasteiger partial charge is 0.191 e. The van der Waals surface area contributed by atoms with Gasteiger partial charge in [-0.2, -0.15) is 0 Å². The Morgan fingerprint density at radius 3 is 2.28 bits per heavy atom. The van der Waals surface area contributed by atoms with Crippen LogP contribution in [0.25, 0.3) is 0 Å². The molecule has 7 nitrogen and oxygen atoms in total. The van der Waals surface area contributed by atoms with Gasteiger partial charge in [-0.05, 0) is 67.7 Å². The first-order valence-electron chi connectivity index (χ1n) is 11.2. The second-order valence-corrected chi connectivity index (χ2v) is 7.85. The molecule has 0 saturated carbocycles. The van der Waals surface area contributed by atoms with Gasteiger partial charge in [-0.1, -0.05) is 18.2 Å². The first-order valence-corrected chi connectivity index (χ1v) is 11.2. The van der Waals surface area contributed by atoms with Gasteiger partial charge in [0.15, 0.2) is 17.5 Å². The minimum Gasteiger partial charge on any atom is -0.497 e. The van der Waals surface area contributed by atoms with Crippen molar-refractivity contribution in [1.29, 1.82) is 0 Å². The zero-order valence-electron chi connectivity index (χ0n) is 19.7. The number of nitrogens with zero attached hydrogens (tertiary/aromatic N) is 2. The van der Waals surface area contributed by atoms with E-state index in [9.17, 15) is 0 Å². The Kier molecular flexibility index (Phi) is 9.04. The van der Waals surface area contributed by atoms with Crippen LogP contribution in [0.4, 0.5) is 0 Å². The molecule has 0 amide bonds. The van der Waals surface area contributed by atoms with Crippen molar-refractivity contribution in [3.8, 4) is 17.2 Å². The zero-order chi connectivity index (χ0) is 22.8. The highest BCUT2D eigenvalue weighted by Gasteiger charge is 2.23. The Balaban J connectivity index is 1.56. The van der Waals surface area contributed by atoms with E-state index in [4.69, 9.17) is 14.2 Å². The van der Waals surface area contributed by atoms with Crippen molar-refractivity contribution < 1.29 is 14.2 Å². The van der Waals surface area contributed by atoms with Crippen molar-refractivity contribution >= 4 is 5.96 Å². The molecule has 1 aliphatic heterocycles. The van der Waals surface area contributed by atoms with Crippen LogP contribution >= 0.6 is 0 Å². The molecule has 32 heavy (non-hydrogen) atoms. The predicted molar refractivity (Wildman–Crippen MR) is 129 cm³/mol. The fourth-order valence-corrected chi connectivity index (χ4v) is 4.11. The summed E-state index contributed by atoms with van der Waals surface area (Å²) in [5, 5.41) is 6.95. The van der Waals surface area contributed by atoms with Crippen LogP contribution in [0.1, 0.15) is 30.0 Å². The van der Waals surface area contributed by atoms with Crippen molar-refractivity contribution in [2.75, 3.05) is 54.6 Å². The minimum atomic E-state index is 0.299. The number of ether oxygens (including phenoxy) is 3. The molecule has 174 valence electrons. The molecule has 1 saturated heterocycles. The van der Waals surface area contributed by atoms with E-state index >= 15 is 0 Å². The molecule has 7 heteroatoms. The van der Waals surface area contributed by atoms with Crippen LogP contribution in [0.15, 0.2) is 47.5 Å². The van der Waals surface area contributed by atoms with Crippen molar-refractivity contribution in [3.05, 3.63) is 53.6 Å². The van der Waals surface area contributed by atoms with Gasteiger partial charge in [-0.25, -0.2) is 0 Å². The highest BCUT2D eigenvalue weighted by molar-refractivity contribution is 5.79. The predicted octanol–water partition coefficient (Wildman–Crippen LogP) is 3.26. The van der Waals surface area contributed by atoms with E-state index in [0.717, 1.165) is 55.8 Å². The lowest BCUT2D eigenvalue weighted by molar-refractivity contribution is 0.245. The summed E-state index contributed by atoms with van der Waals surface area (Å²) in [7, 11) is 6.82. The Labute approximate surface area is 191 Å². The third-order valence-electron chi connectivity index (χ3n) is 5.92. The molecule has 0 aliphatic carbocycles. The third-order valence-corrected chi connectivity index (χ3v) is 5.92. The fraction of sp³-hybridized carbons (Fsp3) is 0.480. The van der Waals surface area contributed by atoms with Gasteiger partial charge in [0.1, 0.15) is 5.75 Å². The maximum absolute atomic E-state index is 5.40. The summed E-state index contributed by atoms with van der Waals surface area (Å²) in [6, 6.07) is 14.7. The lowest BCUT2D eigenvalue weighted by atomic mass is 10.1. The number of likely N-dealkylation sites (tertiary alicyclic amines) is 1. The molecular weight excluding hydrogens is 404 g/mol. The van der Waals surface area contributed by atoms with Crippen LogP contribution in [0.5, 0.6) is 17.2 Å². The van der Waals surface area contributed by atoms with Gasteiger partial charge in [-0.3, -0.25) is 9.89 Å². The van der Waals surface area contributed by atoms with Gasteiger partial charge in [0.2, 0.25) is 0 Å². The van der Waals surface area contributed by atoms with Crippen LogP contribution < -0.4 is 24.8 Å². The molecule has 2 aromatic rings. The molecule has 0 spiro atoms. The van der Waals surface area contributed by atoms with Gasteiger partial charge in [-0.15, -0.1) is 0 Å². The Morgan fingerprint density at radius 1 is 0.938 bits per heavy atom. The lowest BCUT2D eigenvalue weighted by Crippen LogP contribution is -2.43. The summed E-state index contributed by atoms with van der Waals surface area (Å²) in [6.07, 6.45) is 3.37. The number of hydrogen-bond donors (Lipinski definition) is 2. The molecule has 0 bridgehead atoms. The lowest BCUT2D eigenvalue weighted by Gasteiger charge is -2.29. The molecule has 0 aromatic heterocycles. The van der Waals surface area contributed by atoms with Crippen LogP contribution in [-0.4, -0.2) is 65.4 Å². The molecular formula is C25H36N4O3. The van der Waals surface area contributed by atoms with Gasteiger partial charge in [0, 0.05) is 20.1 Å². The maximum atomic E-state index is 5.40. The molecule has 3 rings (SSSR count). The summed E-state index contributed by atoms with van der Waals surface area (Å²) >= 11 is 0. The standard InChI is InChI=1S/C25H36N4O3/c1-26-25(27-14-13-19-7-12-23(31-3)24(17-19)32-4)28-18-22(29-15-5-6-16-29)20-8-10-21(30-2)11-9-20/h7-12,17,22H,5-6,13-16,18H2,1-4H3,(H2,26,27,28). The third kappa shape index (κ3) is 6.29. The number of benzene rings is 2. The molecule has 1 atom stereocenters. The molecule has 1 aliphatic rings. The Morgan fingerprint density at radius 2 is 1.66 bits per heavy atom. The van der Waals surface area contributed by atoms with Crippen molar-refractivity contribution in [2.45, 2.75) is 25.3 Å². The van der Waals surface area contributed by atoms with E-state index in [1.807, 2.05) is 31.3 Å². The van der Waals surface area contributed by atoms with E-state index < -0.39 is 0 Å². The second kappa shape index (κ2) is 12.2. The highest BCUT2D eigenvalue weighted by atomic mass is 16.5. The average Bonchev–Trinajstić information content (AvgIpc) is 3.38. The molecule has 1 fully saturated rings. The molecule has 1 unspecified atom stereocenters. The van der Waals surface area contributed by atoms with Crippen LogP contribution in [-0.2, 0) is 6.42 Å². The Hall–Kier alpha value is -2.93. The number of rotatable bonds is 10. The van der Waals surface area contributed by atoms with Gasteiger partial charge in [0.25, 0.3) is 0 Å². The summed E-state index contributed by atoms with van der Waals surface area (Å²) in [6.45, 7) is 3.82. The Bertz CT molecular complexity index is 864. The molecule has 1 heterocycles. The zero-order valence-corrected chi connectivity index (χ0v) is 19.7. The number of guanidine groups is 1. The molecule has 2 N–H and O–H groups in total. The number of aliphatic imine (C=N–C) groups is 1. The van der Waals surface area contributed by atoms with Crippen molar-refractivity contribution in [1.82, 2.24) is 15.5 Å². The van der Waals surface area contributed by atoms with E-state index in [0.29, 0.717) is 6.04 Å². The average molecular weight is 441 g/mol. The van der Waals surface area contributed by atoms with Gasteiger partial charge < -0.3 is 24.8 Å². The normalized spacial score (nSPS) is 15.3. The fourth-order valence-electron chi connectivity index (χ4n) is 4.11. The second-order valence-electron chi connectivity index (χ2n) is 7.85. The number of methoxy groups -OCH3 is 3. The number of hydrogen-bond acceptors (Lipinski definition) is 5. The van der Waals surface area contributed by atoms with E-state index in [-0.39, 0.29) is 0 Å². The highest BCUT2D eigenvalue weighted by Crippen LogP contribution is 2.28. The summed E-state index contributed by atoms with van der Waals surface area (Å²) in [4.78, 5) is 6.96. The topological polar surface area (TPSA) is 67.4 Å². The van der Waals surface area contributed by atoms with Gasteiger partial charge >= 0.3 is 0 Å². The largest absolute Gasteiger partial charge is 0.497 e.